The molecule has 7 nitrogen and oxygen atoms in total. The van der Waals surface area contributed by atoms with Gasteiger partial charge in [0.05, 0.1) is 6.21 Å². The standard InChI is InChI=1S/C16H15N3O4S/c20-12-3-1-2-11(15(12)21)8-18-19-16(24)17-7-10-4-5-13-14(6-10)23-9-22-13/h1-6,8,20-21H,7,9H2,(H2,17,19,24)/b18-8+. The Hall–Kier alpha value is -3.00. The van der Waals surface area contributed by atoms with Crippen LogP contribution in [0.25, 0.3) is 0 Å². The normalized spacial score (nSPS) is 12.3. The summed E-state index contributed by atoms with van der Waals surface area (Å²) in [5.41, 5.74) is 4.00. The Morgan fingerprint density at radius 3 is 2.92 bits per heavy atom. The molecule has 0 unspecified atom stereocenters. The molecule has 0 spiro atoms. The number of fused-ring (bicyclic) bond motifs is 1. The largest absolute Gasteiger partial charge is 0.504 e. The molecule has 1 heterocycles. The molecule has 2 aromatic carbocycles. The number of rotatable bonds is 4. The van der Waals surface area contributed by atoms with Gasteiger partial charge in [0.2, 0.25) is 6.79 Å². The highest BCUT2D eigenvalue weighted by Crippen LogP contribution is 2.32. The lowest BCUT2D eigenvalue weighted by atomic mass is 10.2. The number of hydrazone groups is 1. The lowest BCUT2D eigenvalue weighted by Gasteiger charge is -2.08. The number of nitrogens with one attached hydrogen (secondary N) is 2. The maximum atomic E-state index is 9.65. The van der Waals surface area contributed by atoms with Crippen LogP contribution in [0, 0.1) is 0 Å². The Morgan fingerprint density at radius 1 is 1.21 bits per heavy atom. The molecule has 124 valence electrons. The SMILES string of the molecule is Oc1cccc(/C=N/NC(=S)NCc2ccc3c(c2)OCO3)c1O. The van der Waals surface area contributed by atoms with Crippen molar-refractivity contribution in [2.45, 2.75) is 6.54 Å². The average molecular weight is 345 g/mol. The van der Waals surface area contributed by atoms with Crippen LogP contribution in [0.3, 0.4) is 0 Å². The van der Waals surface area contributed by atoms with E-state index in [1.807, 2.05) is 18.2 Å². The second-order valence-electron chi connectivity index (χ2n) is 4.96. The highest BCUT2D eigenvalue weighted by atomic mass is 32.1. The maximum absolute atomic E-state index is 9.65. The van der Waals surface area contributed by atoms with Gasteiger partial charge >= 0.3 is 0 Å². The molecule has 0 amide bonds. The van der Waals surface area contributed by atoms with Gasteiger partial charge in [-0.2, -0.15) is 5.10 Å². The summed E-state index contributed by atoms with van der Waals surface area (Å²) in [6.45, 7) is 0.734. The number of para-hydroxylation sites is 1. The summed E-state index contributed by atoms with van der Waals surface area (Å²) in [5, 5.41) is 26.3. The van der Waals surface area contributed by atoms with E-state index in [0.717, 1.165) is 11.3 Å². The smallest absolute Gasteiger partial charge is 0.231 e. The molecule has 4 N–H and O–H groups in total. The van der Waals surface area contributed by atoms with Crippen molar-refractivity contribution in [1.82, 2.24) is 10.7 Å². The van der Waals surface area contributed by atoms with Gasteiger partial charge in [0.15, 0.2) is 28.1 Å². The van der Waals surface area contributed by atoms with Crippen molar-refractivity contribution in [1.29, 1.82) is 0 Å². The van der Waals surface area contributed by atoms with Gasteiger partial charge in [-0.15, -0.1) is 0 Å². The number of nitrogens with zero attached hydrogens (tertiary/aromatic N) is 1. The number of benzene rings is 2. The van der Waals surface area contributed by atoms with Gasteiger partial charge in [-0.3, -0.25) is 5.43 Å². The summed E-state index contributed by atoms with van der Waals surface area (Å²) >= 11 is 5.12. The van der Waals surface area contributed by atoms with E-state index in [1.54, 1.807) is 12.1 Å². The van der Waals surface area contributed by atoms with E-state index in [0.29, 0.717) is 23.0 Å². The molecule has 0 aromatic heterocycles. The van der Waals surface area contributed by atoms with E-state index in [9.17, 15) is 10.2 Å². The zero-order valence-corrected chi connectivity index (χ0v) is 13.3. The van der Waals surface area contributed by atoms with Gasteiger partial charge < -0.3 is 25.0 Å². The first-order chi connectivity index (χ1) is 11.6. The van der Waals surface area contributed by atoms with Crippen LogP contribution in [0.5, 0.6) is 23.0 Å². The van der Waals surface area contributed by atoms with E-state index in [1.165, 1.54) is 12.3 Å². The van der Waals surface area contributed by atoms with Gasteiger partial charge in [-0.1, -0.05) is 12.1 Å². The second kappa shape index (κ2) is 7.05. The number of hydrogen-bond donors (Lipinski definition) is 4. The van der Waals surface area contributed by atoms with Crippen LogP contribution in [0.15, 0.2) is 41.5 Å². The lowest BCUT2D eigenvalue weighted by molar-refractivity contribution is 0.174. The second-order valence-corrected chi connectivity index (χ2v) is 5.36. The Morgan fingerprint density at radius 2 is 2.04 bits per heavy atom. The van der Waals surface area contributed by atoms with Crippen molar-refractivity contribution in [2.24, 2.45) is 5.10 Å². The summed E-state index contributed by atoms with van der Waals surface area (Å²) < 4.78 is 10.6. The van der Waals surface area contributed by atoms with Crippen molar-refractivity contribution in [3.63, 3.8) is 0 Å². The highest BCUT2D eigenvalue weighted by Gasteiger charge is 2.13. The van der Waals surface area contributed by atoms with Crippen LogP contribution >= 0.6 is 12.2 Å². The van der Waals surface area contributed by atoms with Crippen LogP contribution in [0.1, 0.15) is 11.1 Å². The first-order valence-electron chi connectivity index (χ1n) is 7.10. The molecule has 0 radical (unpaired) electrons. The number of ether oxygens (including phenoxy) is 2. The molecule has 1 aliphatic rings. The van der Waals surface area contributed by atoms with Gasteiger partial charge in [-0.25, -0.2) is 0 Å². The quantitative estimate of drug-likeness (QED) is 0.291. The summed E-state index contributed by atoms with van der Waals surface area (Å²) in [5.74, 6) is 1.00. The summed E-state index contributed by atoms with van der Waals surface area (Å²) in [6, 6.07) is 10.2. The number of aromatic hydroxyl groups is 2. The van der Waals surface area contributed by atoms with E-state index >= 15 is 0 Å². The van der Waals surface area contributed by atoms with Crippen LogP contribution in [-0.4, -0.2) is 28.3 Å². The maximum Gasteiger partial charge on any atom is 0.231 e. The first-order valence-corrected chi connectivity index (χ1v) is 7.50. The van der Waals surface area contributed by atoms with E-state index in [4.69, 9.17) is 21.7 Å². The van der Waals surface area contributed by atoms with Crippen molar-refractivity contribution in [2.75, 3.05) is 6.79 Å². The monoisotopic (exact) mass is 345 g/mol. The average Bonchev–Trinajstić information content (AvgIpc) is 3.04. The van der Waals surface area contributed by atoms with Gasteiger partial charge in [0.1, 0.15) is 0 Å². The molecule has 2 aromatic rings. The van der Waals surface area contributed by atoms with Crippen molar-refractivity contribution in [3.05, 3.63) is 47.5 Å². The minimum Gasteiger partial charge on any atom is -0.504 e. The van der Waals surface area contributed by atoms with Crippen molar-refractivity contribution < 1.29 is 19.7 Å². The first kappa shape index (κ1) is 15.9. The fourth-order valence-electron chi connectivity index (χ4n) is 2.09. The molecular weight excluding hydrogens is 330 g/mol. The predicted molar refractivity (Wildman–Crippen MR) is 92.5 cm³/mol. The molecule has 0 saturated heterocycles. The zero-order valence-electron chi connectivity index (χ0n) is 12.5. The Bertz CT molecular complexity index is 795. The van der Waals surface area contributed by atoms with Crippen LogP contribution in [-0.2, 0) is 6.54 Å². The Labute approximate surface area is 143 Å². The minimum atomic E-state index is -0.234. The third-order valence-corrected chi connectivity index (χ3v) is 3.54. The highest BCUT2D eigenvalue weighted by molar-refractivity contribution is 7.80. The molecule has 3 rings (SSSR count). The fourth-order valence-corrected chi connectivity index (χ4v) is 2.21. The third-order valence-electron chi connectivity index (χ3n) is 3.31. The molecule has 24 heavy (non-hydrogen) atoms. The molecule has 0 bridgehead atoms. The topological polar surface area (TPSA) is 95.3 Å². The Kier molecular flexibility index (Phi) is 4.66. The predicted octanol–water partition coefficient (Wildman–Crippen LogP) is 1.82. The molecule has 0 aliphatic carbocycles. The molecular formula is C16H15N3O4S. The van der Waals surface area contributed by atoms with E-state index in [-0.39, 0.29) is 18.3 Å². The van der Waals surface area contributed by atoms with Crippen molar-refractivity contribution in [3.8, 4) is 23.0 Å². The third kappa shape index (κ3) is 3.66. The van der Waals surface area contributed by atoms with E-state index < -0.39 is 0 Å². The van der Waals surface area contributed by atoms with Gasteiger partial charge in [0.25, 0.3) is 0 Å². The lowest BCUT2D eigenvalue weighted by Crippen LogP contribution is -2.31. The number of hydrogen-bond acceptors (Lipinski definition) is 6. The van der Waals surface area contributed by atoms with Crippen LogP contribution in [0.4, 0.5) is 0 Å². The molecule has 8 heteroatoms. The van der Waals surface area contributed by atoms with Gasteiger partial charge in [0, 0.05) is 12.1 Å². The molecule has 0 fully saturated rings. The van der Waals surface area contributed by atoms with E-state index in [2.05, 4.69) is 15.8 Å². The molecule has 0 saturated carbocycles. The summed E-state index contributed by atoms with van der Waals surface area (Å²) in [4.78, 5) is 0. The van der Waals surface area contributed by atoms with Crippen molar-refractivity contribution >= 4 is 23.5 Å². The summed E-state index contributed by atoms with van der Waals surface area (Å²) in [7, 11) is 0. The Balaban J connectivity index is 1.51. The van der Waals surface area contributed by atoms with Gasteiger partial charge in [-0.05, 0) is 42.0 Å². The molecule has 0 atom stereocenters. The number of thiocarbonyl (C=S) groups is 1. The summed E-state index contributed by atoms with van der Waals surface area (Å²) in [6.07, 6.45) is 1.36. The minimum absolute atomic E-state index is 0.206. The molecule has 1 aliphatic heterocycles. The van der Waals surface area contributed by atoms with Crippen LogP contribution < -0.4 is 20.2 Å². The number of phenols is 2. The number of phenolic OH excluding ortho intramolecular Hbond substituents is 2. The fraction of sp³-hybridized carbons (Fsp3) is 0.125. The zero-order chi connectivity index (χ0) is 16.9. The van der Waals surface area contributed by atoms with Crippen LogP contribution in [0.2, 0.25) is 0 Å².